The van der Waals surface area contributed by atoms with Crippen molar-refractivity contribution in [3.8, 4) is 11.5 Å². The summed E-state index contributed by atoms with van der Waals surface area (Å²) in [6.07, 6.45) is 0. The van der Waals surface area contributed by atoms with Crippen LogP contribution in [0.15, 0.2) is 23.2 Å². The Kier molecular flexibility index (Phi) is 7.21. The van der Waals surface area contributed by atoms with E-state index in [1.807, 2.05) is 32.0 Å². The van der Waals surface area contributed by atoms with Crippen molar-refractivity contribution in [3.63, 3.8) is 0 Å². The van der Waals surface area contributed by atoms with Crippen LogP contribution in [0.1, 0.15) is 19.4 Å². The van der Waals surface area contributed by atoms with E-state index in [0.29, 0.717) is 19.9 Å². The number of halogens is 1. The van der Waals surface area contributed by atoms with Crippen LogP contribution >= 0.6 is 24.0 Å². The van der Waals surface area contributed by atoms with Gasteiger partial charge in [-0.3, -0.25) is 4.99 Å². The highest BCUT2D eigenvalue weighted by molar-refractivity contribution is 14.0. The SMILES string of the molecule is CN=C(NCc1ccc2c(c1)OCO2)NCC(C)(C)OC.I. The molecule has 0 radical (unpaired) electrons. The molecule has 0 bridgehead atoms. The number of nitrogens with zero attached hydrogens (tertiary/aromatic N) is 1. The smallest absolute Gasteiger partial charge is 0.231 e. The van der Waals surface area contributed by atoms with E-state index in [0.717, 1.165) is 23.0 Å². The van der Waals surface area contributed by atoms with Gasteiger partial charge >= 0.3 is 0 Å². The highest BCUT2D eigenvalue weighted by Crippen LogP contribution is 2.32. The first kappa shape index (κ1) is 18.8. The Bertz CT molecular complexity index is 521. The maximum Gasteiger partial charge on any atom is 0.231 e. The standard InChI is InChI=1S/C15H23N3O3.HI/c1-15(2,19-4)9-18-14(16-3)17-8-11-5-6-12-13(7-11)21-10-20-12;/h5-7H,8-10H2,1-4H3,(H2,16,17,18);1H. The lowest BCUT2D eigenvalue weighted by Crippen LogP contribution is -2.45. The largest absolute Gasteiger partial charge is 0.454 e. The van der Waals surface area contributed by atoms with Crippen LogP contribution in [0, 0.1) is 0 Å². The molecule has 0 fully saturated rings. The van der Waals surface area contributed by atoms with E-state index >= 15 is 0 Å². The number of aliphatic imine (C=N–C) groups is 1. The molecule has 1 aromatic rings. The number of hydrogen-bond acceptors (Lipinski definition) is 4. The molecular weight excluding hydrogens is 397 g/mol. The minimum Gasteiger partial charge on any atom is -0.454 e. The van der Waals surface area contributed by atoms with Crippen molar-refractivity contribution in [1.82, 2.24) is 10.6 Å². The van der Waals surface area contributed by atoms with Gasteiger partial charge in [0.1, 0.15) is 0 Å². The quantitative estimate of drug-likeness (QED) is 0.433. The Morgan fingerprint density at radius 3 is 2.68 bits per heavy atom. The van der Waals surface area contributed by atoms with E-state index in [1.54, 1.807) is 14.2 Å². The Morgan fingerprint density at radius 1 is 1.27 bits per heavy atom. The Morgan fingerprint density at radius 2 is 2.00 bits per heavy atom. The second kappa shape index (κ2) is 8.42. The minimum atomic E-state index is -0.240. The normalized spacial score (nSPS) is 13.5. The van der Waals surface area contributed by atoms with E-state index in [-0.39, 0.29) is 29.6 Å². The van der Waals surface area contributed by atoms with Gasteiger partial charge in [-0.15, -0.1) is 24.0 Å². The zero-order valence-electron chi connectivity index (χ0n) is 13.4. The fraction of sp³-hybridized carbons (Fsp3) is 0.533. The van der Waals surface area contributed by atoms with Gasteiger partial charge in [0.05, 0.1) is 5.60 Å². The Hall–Kier alpha value is -1.22. The van der Waals surface area contributed by atoms with Gasteiger partial charge < -0.3 is 24.8 Å². The molecule has 1 aliphatic rings. The number of ether oxygens (including phenoxy) is 3. The fourth-order valence-electron chi connectivity index (χ4n) is 1.83. The second-order valence-electron chi connectivity index (χ2n) is 5.43. The second-order valence-corrected chi connectivity index (χ2v) is 5.43. The summed E-state index contributed by atoms with van der Waals surface area (Å²) in [5.74, 6) is 2.32. The number of methoxy groups -OCH3 is 1. The monoisotopic (exact) mass is 421 g/mol. The number of hydrogen-bond donors (Lipinski definition) is 2. The number of fused-ring (bicyclic) bond motifs is 1. The maximum absolute atomic E-state index is 5.37. The van der Waals surface area contributed by atoms with Crippen LogP contribution < -0.4 is 20.1 Å². The number of rotatable bonds is 5. The summed E-state index contributed by atoms with van der Waals surface area (Å²) in [6.45, 7) is 5.66. The molecule has 0 atom stereocenters. The molecule has 1 aliphatic heterocycles. The molecule has 1 heterocycles. The summed E-state index contributed by atoms with van der Waals surface area (Å²) in [6, 6.07) is 5.90. The molecule has 2 N–H and O–H groups in total. The predicted molar refractivity (Wildman–Crippen MR) is 97.3 cm³/mol. The molecular formula is C15H24IN3O3. The van der Waals surface area contributed by atoms with Crippen molar-refractivity contribution in [1.29, 1.82) is 0 Å². The average molecular weight is 421 g/mol. The van der Waals surface area contributed by atoms with Crippen LogP contribution in [0.2, 0.25) is 0 Å². The van der Waals surface area contributed by atoms with Crippen LogP contribution in [-0.4, -0.2) is 39.1 Å². The van der Waals surface area contributed by atoms with Crippen molar-refractivity contribution in [2.75, 3.05) is 27.5 Å². The highest BCUT2D eigenvalue weighted by atomic mass is 127. The first-order valence-electron chi connectivity index (χ1n) is 6.92. The first-order valence-corrected chi connectivity index (χ1v) is 6.92. The van der Waals surface area contributed by atoms with Crippen LogP contribution in [0.4, 0.5) is 0 Å². The molecule has 6 nitrogen and oxygen atoms in total. The molecule has 0 saturated heterocycles. The molecule has 0 saturated carbocycles. The van der Waals surface area contributed by atoms with E-state index < -0.39 is 0 Å². The molecule has 0 aliphatic carbocycles. The first-order chi connectivity index (χ1) is 10.0. The molecule has 1 aromatic carbocycles. The van der Waals surface area contributed by atoms with Crippen LogP contribution in [0.25, 0.3) is 0 Å². The summed E-state index contributed by atoms with van der Waals surface area (Å²) in [4.78, 5) is 4.20. The summed E-state index contributed by atoms with van der Waals surface area (Å²) in [5.41, 5.74) is 0.865. The van der Waals surface area contributed by atoms with Crippen LogP contribution in [-0.2, 0) is 11.3 Å². The van der Waals surface area contributed by atoms with Gasteiger partial charge in [0.25, 0.3) is 0 Å². The van der Waals surface area contributed by atoms with Crippen LogP contribution in [0.5, 0.6) is 11.5 Å². The Balaban J connectivity index is 0.00000242. The lowest BCUT2D eigenvalue weighted by Gasteiger charge is -2.24. The average Bonchev–Trinajstić information content (AvgIpc) is 2.95. The molecule has 22 heavy (non-hydrogen) atoms. The van der Waals surface area contributed by atoms with Crippen molar-refractivity contribution in [2.24, 2.45) is 4.99 Å². The topological polar surface area (TPSA) is 64.1 Å². The van der Waals surface area contributed by atoms with Gasteiger partial charge in [0, 0.05) is 27.2 Å². The number of benzene rings is 1. The summed E-state index contributed by atoms with van der Waals surface area (Å²) in [7, 11) is 3.44. The molecule has 0 aromatic heterocycles. The van der Waals surface area contributed by atoms with Gasteiger partial charge in [-0.05, 0) is 31.5 Å². The maximum atomic E-state index is 5.37. The van der Waals surface area contributed by atoms with Gasteiger partial charge in [0.15, 0.2) is 17.5 Å². The number of guanidine groups is 1. The van der Waals surface area contributed by atoms with Gasteiger partial charge in [-0.2, -0.15) is 0 Å². The fourth-order valence-corrected chi connectivity index (χ4v) is 1.83. The predicted octanol–water partition coefficient (Wildman–Crippen LogP) is 2.12. The van der Waals surface area contributed by atoms with E-state index in [4.69, 9.17) is 14.2 Å². The van der Waals surface area contributed by atoms with Gasteiger partial charge in [-0.1, -0.05) is 6.07 Å². The lowest BCUT2D eigenvalue weighted by molar-refractivity contribution is 0.0268. The molecule has 124 valence electrons. The summed E-state index contributed by atoms with van der Waals surface area (Å²) >= 11 is 0. The molecule has 0 amide bonds. The highest BCUT2D eigenvalue weighted by Gasteiger charge is 2.17. The van der Waals surface area contributed by atoms with E-state index in [1.165, 1.54) is 0 Å². The van der Waals surface area contributed by atoms with Gasteiger partial charge in [-0.25, -0.2) is 0 Å². The van der Waals surface area contributed by atoms with Gasteiger partial charge in [0.2, 0.25) is 6.79 Å². The third-order valence-electron chi connectivity index (χ3n) is 3.35. The molecule has 0 spiro atoms. The molecule has 0 unspecified atom stereocenters. The molecule has 7 heteroatoms. The zero-order valence-corrected chi connectivity index (χ0v) is 15.8. The third-order valence-corrected chi connectivity index (χ3v) is 3.35. The zero-order chi connectivity index (χ0) is 15.3. The Labute approximate surface area is 148 Å². The van der Waals surface area contributed by atoms with E-state index in [2.05, 4.69) is 15.6 Å². The lowest BCUT2D eigenvalue weighted by atomic mass is 10.1. The van der Waals surface area contributed by atoms with Crippen molar-refractivity contribution in [3.05, 3.63) is 23.8 Å². The van der Waals surface area contributed by atoms with Crippen molar-refractivity contribution >= 4 is 29.9 Å². The van der Waals surface area contributed by atoms with Crippen molar-refractivity contribution < 1.29 is 14.2 Å². The summed E-state index contributed by atoms with van der Waals surface area (Å²) < 4.78 is 16.0. The van der Waals surface area contributed by atoms with E-state index in [9.17, 15) is 0 Å². The van der Waals surface area contributed by atoms with Crippen molar-refractivity contribution in [2.45, 2.75) is 26.0 Å². The molecule has 2 rings (SSSR count). The minimum absolute atomic E-state index is 0. The summed E-state index contributed by atoms with van der Waals surface area (Å²) in [5, 5.41) is 6.50. The third kappa shape index (κ3) is 5.20. The number of nitrogens with one attached hydrogen (secondary N) is 2. The van der Waals surface area contributed by atoms with Crippen LogP contribution in [0.3, 0.4) is 0 Å².